The van der Waals surface area contributed by atoms with Crippen molar-refractivity contribution in [1.29, 1.82) is 0 Å². The van der Waals surface area contributed by atoms with Gasteiger partial charge in [-0.1, -0.05) is 6.42 Å². The van der Waals surface area contributed by atoms with Crippen LogP contribution in [0.4, 0.5) is 10.2 Å². The van der Waals surface area contributed by atoms with Crippen molar-refractivity contribution >= 4 is 5.82 Å². The first-order chi connectivity index (χ1) is 7.77. The molecule has 16 heavy (non-hydrogen) atoms. The number of hydrogen-bond donors (Lipinski definition) is 1. The second-order valence-corrected chi connectivity index (χ2v) is 4.34. The molecule has 4 heteroatoms. The molecule has 0 aromatic carbocycles. The van der Waals surface area contributed by atoms with Gasteiger partial charge in [-0.15, -0.1) is 0 Å². The van der Waals surface area contributed by atoms with Gasteiger partial charge in [0.15, 0.2) is 11.6 Å². The maximum atomic E-state index is 13.3. The van der Waals surface area contributed by atoms with E-state index in [2.05, 4.69) is 22.2 Å². The Balaban J connectivity index is 1.89. The minimum Gasteiger partial charge on any atom is -0.366 e. The molecule has 0 aliphatic carbocycles. The van der Waals surface area contributed by atoms with Crippen LogP contribution in [0.1, 0.15) is 19.3 Å². The van der Waals surface area contributed by atoms with Gasteiger partial charge in [-0.25, -0.2) is 9.37 Å². The molecule has 0 radical (unpaired) electrons. The molecule has 1 N–H and O–H groups in total. The number of pyridine rings is 1. The Hall–Kier alpha value is -1.16. The highest BCUT2D eigenvalue weighted by Gasteiger charge is 2.18. The summed E-state index contributed by atoms with van der Waals surface area (Å²) in [6.45, 7) is 1.90. The summed E-state index contributed by atoms with van der Waals surface area (Å²) in [7, 11) is 2.13. The summed E-state index contributed by atoms with van der Waals surface area (Å²) >= 11 is 0. The number of likely N-dealkylation sites (N-methyl/N-ethyl adjacent to an activating group) is 1. The highest BCUT2D eigenvalue weighted by molar-refractivity contribution is 5.35. The van der Waals surface area contributed by atoms with E-state index < -0.39 is 0 Å². The fraction of sp³-hybridized carbons (Fsp3) is 0.583. The molecule has 0 amide bonds. The molecule has 1 aliphatic heterocycles. The van der Waals surface area contributed by atoms with E-state index in [1.165, 1.54) is 25.3 Å². The molecule has 2 heterocycles. The number of nitrogens with one attached hydrogen (secondary N) is 1. The molecule has 2 rings (SSSR count). The standard InChI is InChI=1S/C12H18FN3/c1-16-8-3-2-5-10(16)9-15-12-11(13)6-4-7-14-12/h4,6-7,10H,2-3,5,8-9H2,1H3,(H,14,15). The second-order valence-electron chi connectivity index (χ2n) is 4.34. The van der Waals surface area contributed by atoms with Crippen molar-refractivity contribution in [3.8, 4) is 0 Å². The summed E-state index contributed by atoms with van der Waals surface area (Å²) in [5.41, 5.74) is 0. The molecule has 1 fully saturated rings. The maximum absolute atomic E-state index is 13.3. The van der Waals surface area contributed by atoms with E-state index in [-0.39, 0.29) is 5.82 Å². The average Bonchev–Trinajstić information content (AvgIpc) is 2.30. The van der Waals surface area contributed by atoms with E-state index in [1.807, 2.05) is 0 Å². The topological polar surface area (TPSA) is 28.2 Å². The van der Waals surface area contributed by atoms with E-state index in [1.54, 1.807) is 12.3 Å². The minimum atomic E-state index is -0.277. The molecule has 1 aromatic heterocycles. The minimum absolute atomic E-state index is 0.277. The Morgan fingerprint density at radius 3 is 3.19 bits per heavy atom. The summed E-state index contributed by atoms with van der Waals surface area (Å²) in [6, 6.07) is 3.53. The fourth-order valence-electron chi connectivity index (χ4n) is 2.13. The number of aromatic nitrogens is 1. The van der Waals surface area contributed by atoms with Gasteiger partial charge in [0, 0.05) is 18.8 Å². The third-order valence-electron chi connectivity index (χ3n) is 3.19. The number of hydrogen-bond acceptors (Lipinski definition) is 3. The summed E-state index contributed by atoms with van der Waals surface area (Å²) in [4.78, 5) is 6.31. The van der Waals surface area contributed by atoms with E-state index in [0.29, 0.717) is 11.9 Å². The van der Waals surface area contributed by atoms with Crippen molar-refractivity contribution in [2.45, 2.75) is 25.3 Å². The molecule has 0 spiro atoms. The van der Waals surface area contributed by atoms with Crippen LogP contribution >= 0.6 is 0 Å². The predicted molar refractivity (Wildman–Crippen MR) is 63.0 cm³/mol. The number of piperidine rings is 1. The van der Waals surface area contributed by atoms with Crippen LogP contribution < -0.4 is 5.32 Å². The first kappa shape index (κ1) is 11.3. The first-order valence-corrected chi connectivity index (χ1v) is 5.82. The maximum Gasteiger partial charge on any atom is 0.165 e. The number of rotatable bonds is 3. The largest absolute Gasteiger partial charge is 0.366 e. The number of nitrogens with zero attached hydrogens (tertiary/aromatic N) is 2. The number of anilines is 1. The molecular formula is C12H18FN3. The number of likely N-dealkylation sites (tertiary alicyclic amines) is 1. The quantitative estimate of drug-likeness (QED) is 0.850. The van der Waals surface area contributed by atoms with Crippen LogP contribution in [-0.2, 0) is 0 Å². The highest BCUT2D eigenvalue weighted by Crippen LogP contribution is 2.16. The van der Waals surface area contributed by atoms with Gasteiger partial charge in [0.1, 0.15) is 0 Å². The van der Waals surface area contributed by atoms with Gasteiger partial charge >= 0.3 is 0 Å². The molecule has 1 aliphatic rings. The van der Waals surface area contributed by atoms with Crippen molar-refractivity contribution in [1.82, 2.24) is 9.88 Å². The van der Waals surface area contributed by atoms with E-state index in [9.17, 15) is 4.39 Å². The zero-order valence-corrected chi connectivity index (χ0v) is 9.62. The van der Waals surface area contributed by atoms with Gasteiger partial charge < -0.3 is 10.2 Å². The third kappa shape index (κ3) is 2.70. The molecule has 1 atom stereocenters. The van der Waals surface area contributed by atoms with Gasteiger partial charge in [-0.2, -0.15) is 0 Å². The van der Waals surface area contributed by atoms with Crippen molar-refractivity contribution in [2.24, 2.45) is 0 Å². The average molecular weight is 223 g/mol. The molecule has 1 aromatic rings. The molecule has 1 saturated heterocycles. The summed E-state index contributed by atoms with van der Waals surface area (Å²) in [6.07, 6.45) is 5.32. The summed E-state index contributed by atoms with van der Waals surface area (Å²) < 4.78 is 13.3. The fourth-order valence-corrected chi connectivity index (χ4v) is 2.13. The molecule has 3 nitrogen and oxygen atoms in total. The predicted octanol–water partition coefficient (Wildman–Crippen LogP) is 2.12. The summed E-state index contributed by atoms with van der Waals surface area (Å²) in [5, 5.41) is 3.09. The molecule has 0 saturated carbocycles. The van der Waals surface area contributed by atoms with E-state index in [4.69, 9.17) is 0 Å². The first-order valence-electron chi connectivity index (χ1n) is 5.82. The van der Waals surface area contributed by atoms with Gasteiger partial charge in [0.2, 0.25) is 0 Å². The van der Waals surface area contributed by atoms with Crippen LogP contribution in [0.15, 0.2) is 18.3 Å². The normalized spacial score (nSPS) is 22.0. The number of halogens is 1. The monoisotopic (exact) mass is 223 g/mol. The lowest BCUT2D eigenvalue weighted by molar-refractivity contribution is 0.194. The lowest BCUT2D eigenvalue weighted by Gasteiger charge is -2.32. The van der Waals surface area contributed by atoms with Crippen LogP contribution in [0.25, 0.3) is 0 Å². The SMILES string of the molecule is CN1CCCCC1CNc1ncccc1F. The molecule has 1 unspecified atom stereocenters. The van der Waals surface area contributed by atoms with Crippen LogP contribution in [0, 0.1) is 5.82 Å². The van der Waals surface area contributed by atoms with Crippen LogP contribution in [-0.4, -0.2) is 36.1 Å². The third-order valence-corrected chi connectivity index (χ3v) is 3.19. The van der Waals surface area contributed by atoms with Gasteiger partial charge in [-0.05, 0) is 38.6 Å². The zero-order chi connectivity index (χ0) is 11.4. The van der Waals surface area contributed by atoms with Crippen molar-refractivity contribution in [3.63, 3.8) is 0 Å². The molecule has 0 bridgehead atoms. The Morgan fingerprint density at radius 1 is 1.56 bits per heavy atom. The smallest absolute Gasteiger partial charge is 0.165 e. The molecular weight excluding hydrogens is 205 g/mol. The Kier molecular flexibility index (Phi) is 3.72. The van der Waals surface area contributed by atoms with Crippen molar-refractivity contribution < 1.29 is 4.39 Å². The Morgan fingerprint density at radius 2 is 2.44 bits per heavy atom. The van der Waals surface area contributed by atoms with Gasteiger partial charge in [0.05, 0.1) is 0 Å². The van der Waals surface area contributed by atoms with Gasteiger partial charge in [-0.3, -0.25) is 0 Å². The van der Waals surface area contributed by atoms with Crippen LogP contribution in [0.5, 0.6) is 0 Å². The zero-order valence-electron chi connectivity index (χ0n) is 9.62. The van der Waals surface area contributed by atoms with E-state index in [0.717, 1.165) is 13.1 Å². The van der Waals surface area contributed by atoms with Crippen LogP contribution in [0.2, 0.25) is 0 Å². The molecule has 88 valence electrons. The Labute approximate surface area is 95.7 Å². The van der Waals surface area contributed by atoms with Crippen molar-refractivity contribution in [2.75, 3.05) is 25.5 Å². The van der Waals surface area contributed by atoms with Crippen LogP contribution in [0.3, 0.4) is 0 Å². The highest BCUT2D eigenvalue weighted by atomic mass is 19.1. The van der Waals surface area contributed by atoms with Crippen molar-refractivity contribution in [3.05, 3.63) is 24.1 Å². The lowest BCUT2D eigenvalue weighted by atomic mass is 10.0. The van der Waals surface area contributed by atoms with Gasteiger partial charge in [0.25, 0.3) is 0 Å². The second kappa shape index (κ2) is 5.25. The lowest BCUT2D eigenvalue weighted by Crippen LogP contribution is -2.40. The Bertz CT molecular complexity index is 343. The van der Waals surface area contributed by atoms with E-state index >= 15 is 0 Å². The summed E-state index contributed by atoms with van der Waals surface area (Å²) in [5.74, 6) is 0.0856.